The van der Waals surface area contributed by atoms with Gasteiger partial charge in [-0.3, -0.25) is 24.0 Å². The van der Waals surface area contributed by atoms with Gasteiger partial charge < -0.3 is 30.3 Å². The average molecular weight is 683 g/mol. The topological polar surface area (TPSA) is 143 Å². The van der Waals surface area contributed by atoms with Crippen LogP contribution in [0.25, 0.3) is 0 Å². The minimum atomic E-state index is -0.956. The number of ether oxygens (including phenoxy) is 2. The summed E-state index contributed by atoms with van der Waals surface area (Å²) in [5.74, 6) is -0.140. The van der Waals surface area contributed by atoms with Crippen LogP contribution in [-0.4, -0.2) is 80.2 Å². The van der Waals surface area contributed by atoms with E-state index in [0.717, 1.165) is 11.1 Å². The third-order valence-electron chi connectivity index (χ3n) is 9.18. The molecule has 0 radical (unpaired) electrons. The summed E-state index contributed by atoms with van der Waals surface area (Å²) >= 11 is 0. The first-order valence-corrected chi connectivity index (χ1v) is 17.2. The number of methoxy groups -OCH3 is 2. The number of aryl methyl sites for hydroxylation is 1. The lowest BCUT2D eigenvalue weighted by atomic mass is 9.99. The summed E-state index contributed by atoms with van der Waals surface area (Å²) in [7, 11) is 3.13. The predicted molar refractivity (Wildman–Crippen MR) is 189 cm³/mol. The molecular weight excluding hydrogens is 636 g/mol. The number of carbonyl (C=O) groups excluding carboxylic acids is 5. The Morgan fingerprint density at radius 1 is 0.920 bits per heavy atom. The summed E-state index contributed by atoms with van der Waals surface area (Å²) in [6.45, 7) is 4.19. The largest absolute Gasteiger partial charge is 0.497 e. The fraction of sp³-hybridized carbons (Fsp3) is 0.410. The fourth-order valence-corrected chi connectivity index (χ4v) is 6.70. The highest BCUT2D eigenvalue weighted by Crippen LogP contribution is 2.27. The number of benzene rings is 3. The van der Waals surface area contributed by atoms with E-state index in [1.54, 1.807) is 62.8 Å². The number of amides is 4. The molecule has 0 saturated carbocycles. The van der Waals surface area contributed by atoms with Crippen LogP contribution < -0.4 is 25.4 Å². The van der Waals surface area contributed by atoms with Crippen LogP contribution in [0.5, 0.6) is 11.5 Å². The molecule has 1 aliphatic carbocycles. The number of nitrogens with one attached hydrogen (secondary N) is 3. The maximum absolute atomic E-state index is 14.2. The standard InChI is InChI=1S/C39H46N4O7/c1-24(2)19-28-22-43(39(48)32-9-5-8-31-30(32)15-16-34(31)44)23-36(45)40-18-6-7-26-21-27(12-17-35(26)50-4)37(46)42-33(38(47)41-28)20-25-10-13-29(49-3)14-11-25/h5,8-14,17,21,24,28,33H,6-7,15-16,18-20,22-23H2,1-4H3,(H,40,45)(H,41,47)(H,42,46)/t28-,33-/m0/s1. The molecule has 0 fully saturated rings. The van der Waals surface area contributed by atoms with Gasteiger partial charge in [-0.15, -0.1) is 0 Å². The second kappa shape index (κ2) is 16.5. The summed E-state index contributed by atoms with van der Waals surface area (Å²) in [5.41, 5.74) is 3.59. The van der Waals surface area contributed by atoms with Crippen molar-refractivity contribution < 1.29 is 33.4 Å². The number of nitrogens with zero attached hydrogens (tertiary/aromatic N) is 1. The highest BCUT2D eigenvalue weighted by molar-refractivity contribution is 6.06. The molecule has 2 bridgehead atoms. The number of fused-ring (bicyclic) bond motifs is 3. The molecule has 3 aromatic rings. The second-order valence-corrected chi connectivity index (χ2v) is 13.3. The number of ketones is 1. The van der Waals surface area contributed by atoms with Crippen molar-refractivity contribution in [2.24, 2.45) is 5.92 Å². The normalized spacial score (nSPS) is 18.9. The van der Waals surface area contributed by atoms with Crippen molar-refractivity contribution in [1.29, 1.82) is 0 Å². The van der Waals surface area contributed by atoms with Gasteiger partial charge in [0.25, 0.3) is 11.8 Å². The van der Waals surface area contributed by atoms with E-state index < -0.39 is 23.9 Å². The zero-order valence-corrected chi connectivity index (χ0v) is 29.2. The van der Waals surface area contributed by atoms with E-state index in [-0.39, 0.29) is 43.0 Å². The molecule has 2 aliphatic rings. The summed E-state index contributed by atoms with van der Waals surface area (Å²) in [6, 6.07) is 16.0. The summed E-state index contributed by atoms with van der Waals surface area (Å²) in [4.78, 5) is 69.4. The lowest BCUT2D eigenvalue weighted by molar-refractivity contribution is -0.123. The lowest BCUT2D eigenvalue weighted by Crippen LogP contribution is -2.54. The molecule has 4 amide bonds. The molecular formula is C39H46N4O7. The lowest BCUT2D eigenvalue weighted by Gasteiger charge is -2.31. The van der Waals surface area contributed by atoms with Crippen LogP contribution in [0.2, 0.25) is 0 Å². The van der Waals surface area contributed by atoms with Gasteiger partial charge in [-0.25, -0.2) is 0 Å². The molecule has 3 aromatic carbocycles. The monoisotopic (exact) mass is 682 g/mol. The van der Waals surface area contributed by atoms with Gasteiger partial charge in [-0.05, 0) is 84.7 Å². The van der Waals surface area contributed by atoms with Crippen LogP contribution in [0.3, 0.4) is 0 Å². The van der Waals surface area contributed by atoms with Crippen molar-refractivity contribution in [3.05, 3.63) is 94.0 Å². The maximum atomic E-state index is 14.2. The minimum absolute atomic E-state index is 0.00643. The highest BCUT2D eigenvalue weighted by atomic mass is 16.5. The van der Waals surface area contributed by atoms with E-state index in [0.29, 0.717) is 72.4 Å². The first-order chi connectivity index (χ1) is 24.1. The Labute approximate surface area is 293 Å². The van der Waals surface area contributed by atoms with E-state index in [1.807, 2.05) is 26.0 Å². The Kier molecular flexibility index (Phi) is 11.9. The van der Waals surface area contributed by atoms with Crippen LogP contribution in [0.1, 0.15) is 80.9 Å². The van der Waals surface area contributed by atoms with Crippen molar-refractivity contribution in [2.45, 2.75) is 64.5 Å². The number of hydrogen-bond donors (Lipinski definition) is 3. The molecule has 50 heavy (non-hydrogen) atoms. The van der Waals surface area contributed by atoms with Crippen molar-refractivity contribution in [2.75, 3.05) is 33.9 Å². The van der Waals surface area contributed by atoms with Gasteiger partial charge >= 0.3 is 0 Å². The Morgan fingerprint density at radius 3 is 2.42 bits per heavy atom. The Hall–Kier alpha value is -5.19. The molecule has 5 rings (SSSR count). The fourth-order valence-electron chi connectivity index (χ4n) is 6.70. The molecule has 3 N–H and O–H groups in total. The van der Waals surface area contributed by atoms with Crippen molar-refractivity contribution in [3.8, 4) is 11.5 Å². The average Bonchev–Trinajstić information content (AvgIpc) is 3.49. The van der Waals surface area contributed by atoms with Crippen LogP contribution in [0, 0.1) is 5.92 Å². The van der Waals surface area contributed by atoms with Gasteiger partial charge in [0.2, 0.25) is 11.8 Å². The number of hydrogen-bond acceptors (Lipinski definition) is 7. The van der Waals surface area contributed by atoms with Crippen LogP contribution in [0.4, 0.5) is 0 Å². The van der Waals surface area contributed by atoms with Gasteiger partial charge in [-0.2, -0.15) is 0 Å². The number of Topliss-reactive ketones (excluding diaryl/α,β-unsaturated/α-hetero) is 1. The molecule has 0 unspecified atom stereocenters. The summed E-state index contributed by atoms with van der Waals surface area (Å²) < 4.78 is 10.8. The second-order valence-electron chi connectivity index (χ2n) is 13.3. The summed E-state index contributed by atoms with van der Waals surface area (Å²) in [5, 5.41) is 9.00. The Morgan fingerprint density at radius 2 is 1.70 bits per heavy atom. The van der Waals surface area contributed by atoms with Gasteiger partial charge in [0, 0.05) is 48.7 Å². The first-order valence-electron chi connectivity index (χ1n) is 17.2. The van der Waals surface area contributed by atoms with E-state index in [4.69, 9.17) is 9.47 Å². The van der Waals surface area contributed by atoms with Crippen molar-refractivity contribution in [3.63, 3.8) is 0 Å². The molecule has 2 atom stereocenters. The third kappa shape index (κ3) is 8.88. The van der Waals surface area contributed by atoms with Crippen LogP contribution >= 0.6 is 0 Å². The highest BCUT2D eigenvalue weighted by Gasteiger charge is 2.31. The van der Waals surface area contributed by atoms with E-state index in [2.05, 4.69) is 16.0 Å². The van der Waals surface area contributed by atoms with Crippen molar-refractivity contribution in [1.82, 2.24) is 20.9 Å². The quantitative estimate of drug-likeness (QED) is 0.343. The molecule has 264 valence electrons. The zero-order chi connectivity index (χ0) is 35.8. The van der Waals surface area contributed by atoms with Crippen molar-refractivity contribution >= 4 is 29.4 Å². The van der Waals surface area contributed by atoms with E-state index in [1.165, 1.54) is 4.90 Å². The SMILES string of the molecule is COc1ccc(C[C@@H]2NC(=O)c3ccc(OC)c(c3)CCCNC(=O)CN(C(=O)c3cccc4c3CCC4=O)C[C@H](CC(C)C)NC2=O)cc1. The third-order valence-corrected chi connectivity index (χ3v) is 9.18. The van der Waals surface area contributed by atoms with Gasteiger partial charge in [-0.1, -0.05) is 38.1 Å². The van der Waals surface area contributed by atoms with Crippen LogP contribution in [0.15, 0.2) is 60.7 Å². The molecule has 0 aromatic heterocycles. The van der Waals surface area contributed by atoms with E-state index >= 15 is 0 Å². The van der Waals surface area contributed by atoms with Gasteiger partial charge in [0.1, 0.15) is 17.5 Å². The smallest absolute Gasteiger partial charge is 0.254 e. The maximum Gasteiger partial charge on any atom is 0.254 e. The zero-order valence-electron chi connectivity index (χ0n) is 29.2. The molecule has 0 spiro atoms. The predicted octanol–water partition coefficient (Wildman–Crippen LogP) is 3.91. The minimum Gasteiger partial charge on any atom is -0.497 e. The molecule has 0 saturated heterocycles. The Balaban J connectivity index is 1.50. The van der Waals surface area contributed by atoms with Crippen LogP contribution in [-0.2, 0) is 28.9 Å². The molecule has 11 heteroatoms. The van der Waals surface area contributed by atoms with Gasteiger partial charge in [0.05, 0.1) is 20.8 Å². The summed E-state index contributed by atoms with van der Waals surface area (Å²) in [6.07, 6.45) is 2.58. The Bertz CT molecular complexity index is 1740. The molecule has 1 aliphatic heterocycles. The molecule has 11 nitrogen and oxygen atoms in total. The number of rotatable bonds is 7. The molecule has 1 heterocycles. The first kappa shape index (κ1) is 36.1. The number of carbonyl (C=O) groups is 5. The van der Waals surface area contributed by atoms with Gasteiger partial charge in [0.15, 0.2) is 5.78 Å². The van der Waals surface area contributed by atoms with E-state index in [9.17, 15) is 24.0 Å².